The van der Waals surface area contributed by atoms with Crippen LogP contribution < -0.4 is 5.56 Å². The summed E-state index contributed by atoms with van der Waals surface area (Å²) in [7, 11) is 0. The van der Waals surface area contributed by atoms with Crippen molar-refractivity contribution in [3.05, 3.63) is 61.8 Å². The molecule has 0 unspecified atom stereocenters. The molecule has 0 aliphatic carbocycles. The maximum Gasteiger partial charge on any atom is 0.323 e. The Morgan fingerprint density at radius 1 is 1.12 bits per heavy atom. The molecule has 0 saturated carbocycles. The third-order valence-electron chi connectivity index (χ3n) is 3.20. The first-order chi connectivity index (χ1) is 11.4. The van der Waals surface area contributed by atoms with E-state index in [2.05, 4.69) is 36.8 Å². The zero-order chi connectivity index (χ0) is 17.3. The molecule has 3 aromatic rings. The number of carbonyl (C=O) groups is 1. The van der Waals surface area contributed by atoms with Gasteiger partial charge in [-0.05, 0) is 42.5 Å². The number of fused-ring (bicyclic) bond motifs is 1. The van der Waals surface area contributed by atoms with E-state index in [-0.39, 0.29) is 5.03 Å². The van der Waals surface area contributed by atoms with Crippen molar-refractivity contribution in [3.8, 4) is 0 Å². The molecule has 0 radical (unpaired) electrons. The van der Waals surface area contributed by atoms with Crippen LogP contribution in [0.15, 0.2) is 66.1 Å². The molecule has 0 bridgehead atoms. The lowest BCUT2D eigenvalue weighted by molar-refractivity contribution is -0.137. The maximum absolute atomic E-state index is 12.7. The van der Waals surface area contributed by atoms with Crippen molar-refractivity contribution in [1.29, 1.82) is 0 Å². The largest absolute Gasteiger partial charge is 0.480 e. The van der Waals surface area contributed by atoms with Crippen molar-refractivity contribution in [2.75, 3.05) is 0 Å². The summed E-state index contributed by atoms with van der Waals surface area (Å²) in [6.45, 7) is -0.414. The number of aromatic nitrogens is 2. The van der Waals surface area contributed by atoms with Gasteiger partial charge in [-0.2, -0.15) is 0 Å². The number of nitrogens with zero attached hydrogens (tertiary/aromatic N) is 2. The highest BCUT2D eigenvalue weighted by Gasteiger charge is 2.14. The first-order valence-electron chi connectivity index (χ1n) is 6.79. The van der Waals surface area contributed by atoms with Gasteiger partial charge in [-0.15, -0.1) is 0 Å². The number of rotatable bonds is 4. The number of halogens is 2. The number of hydrogen-bond acceptors (Lipinski definition) is 4. The van der Waals surface area contributed by atoms with Crippen LogP contribution >= 0.6 is 43.6 Å². The molecule has 0 spiro atoms. The van der Waals surface area contributed by atoms with E-state index in [1.807, 2.05) is 24.3 Å². The minimum atomic E-state index is -1.08. The molecule has 3 rings (SSSR count). The van der Waals surface area contributed by atoms with Gasteiger partial charge in [0.15, 0.2) is 5.03 Å². The SMILES string of the molecule is O=C(O)Cn1c(=O)c(Sc2ccc(Br)cc2)nc2ccc(Br)cc21. The van der Waals surface area contributed by atoms with Crippen LogP contribution in [-0.2, 0) is 11.3 Å². The minimum Gasteiger partial charge on any atom is -0.480 e. The van der Waals surface area contributed by atoms with Crippen LogP contribution in [0.1, 0.15) is 0 Å². The van der Waals surface area contributed by atoms with E-state index in [9.17, 15) is 9.59 Å². The summed E-state index contributed by atoms with van der Waals surface area (Å²) >= 11 is 7.91. The van der Waals surface area contributed by atoms with Gasteiger partial charge < -0.3 is 5.11 Å². The van der Waals surface area contributed by atoms with Crippen molar-refractivity contribution in [2.24, 2.45) is 0 Å². The Kier molecular flexibility index (Phi) is 5.07. The van der Waals surface area contributed by atoms with Crippen molar-refractivity contribution >= 4 is 60.6 Å². The average Bonchev–Trinajstić information content (AvgIpc) is 2.54. The Balaban J connectivity index is 2.16. The Hall–Kier alpha value is -1.64. The lowest BCUT2D eigenvalue weighted by Crippen LogP contribution is -2.26. The summed E-state index contributed by atoms with van der Waals surface area (Å²) in [5.74, 6) is -1.08. The zero-order valence-electron chi connectivity index (χ0n) is 12.1. The van der Waals surface area contributed by atoms with Gasteiger partial charge in [0, 0.05) is 13.8 Å². The Bertz CT molecular complexity index is 987. The highest BCUT2D eigenvalue weighted by Crippen LogP contribution is 2.27. The van der Waals surface area contributed by atoms with E-state index in [0.29, 0.717) is 11.0 Å². The fourth-order valence-electron chi connectivity index (χ4n) is 2.16. The van der Waals surface area contributed by atoms with Gasteiger partial charge in [-0.25, -0.2) is 4.98 Å². The summed E-state index contributed by atoms with van der Waals surface area (Å²) in [6.07, 6.45) is 0. The molecule has 0 aliphatic heterocycles. The molecule has 1 aromatic heterocycles. The fraction of sp³-hybridized carbons (Fsp3) is 0.0625. The third kappa shape index (κ3) is 3.71. The number of aliphatic carboxylic acids is 1. The molecular weight excluding hydrogens is 460 g/mol. The van der Waals surface area contributed by atoms with Gasteiger partial charge in [-0.3, -0.25) is 14.2 Å². The van der Waals surface area contributed by atoms with Crippen molar-refractivity contribution in [1.82, 2.24) is 9.55 Å². The van der Waals surface area contributed by atoms with Crippen LogP contribution in [0.25, 0.3) is 11.0 Å². The van der Waals surface area contributed by atoms with E-state index in [4.69, 9.17) is 5.11 Å². The van der Waals surface area contributed by atoms with E-state index < -0.39 is 18.1 Å². The standard InChI is InChI=1S/C16H10Br2N2O3S/c17-9-1-4-11(5-2-9)24-15-16(23)20(8-14(21)22)13-7-10(18)3-6-12(13)19-15/h1-7H,8H2,(H,21,22). The lowest BCUT2D eigenvalue weighted by atomic mass is 10.3. The molecule has 0 amide bonds. The Morgan fingerprint density at radius 3 is 2.46 bits per heavy atom. The lowest BCUT2D eigenvalue weighted by Gasteiger charge is -2.10. The van der Waals surface area contributed by atoms with Gasteiger partial charge in [0.1, 0.15) is 6.54 Å². The zero-order valence-corrected chi connectivity index (χ0v) is 16.1. The van der Waals surface area contributed by atoms with E-state index in [0.717, 1.165) is 13.8 Å². The van der Waals surface area contributed by atoms with Gasteiger partial charge >= 0.3 is 5.97 Å². The van der Waals surface area contributed by atoms with Crippen LogP contribution in [-0.4, -0.2) is 20.6 Å². The van der Waals surface area contributed by atoms with Gasteiger partial charge in [-0.1, -0.05) is 43.6 Å². The molecule has 0 atom stereocenters. The van der Waals surface area contributed by atoms with Crippen molar-refractivity contribution in [3.63, 3.8) is 0 Å². The van der Waals surface area contributed by atoms with Crippen molar-refractivity contribution in [2.45, 2.75) is 16.5 Å². The van der Waals surface area contributed by atoms with Crippen LogP contribution in [0.2, 0.25) is 0 Å². The number of benzene rings is 2. The molecule has 0 fully saturated rings. The normalized spacial score (nSPS) is 10.9. The molecule has 5 nitrogen and oxygen atoms in total. The molecule has 0 aliphatic rings. The summed E-state index contributed by atoms with van der Waals surface area (Å²) < 4.78 is 2.92. The summed E-state index contributed by atoms with van der Waals surface area (Å²) in [5.41, 5.74) is 0.631. The summed E-state index contributed by atoms with van der Waals surface area (Å²) in [4.78, 5) is 29.1. The quantitative estimate of drug-likeness (QED) is 0.621. The summed E-state index contributed by atoms with van der Waals surface area (Å²) in [6, 6.07) is 12.7. The minimum absolute atomic E-state index is 0.244. The predicted molar refractivity (Wildman–Crippen MR) is 99.6 cm³/mol. The van der Waals surface area contributed by atoms with Crippen LogP contribution in [0.3, 0.4) is 0 Å². The molecule has 2 aromatic carbocycles. The Morgan fingerprint density at radius 2 is 1.79 bits per heavy atom. The molecular formula is C16H10Br2N2O3S. The fourth-order valence-corrected chi connectivity index (χ4v) is 3.61. The maximum atomic E-state index is 12.7. The van der Waals surface area contributed by atoms with E-state index in [1.165, 1.54) is 16.3 Å². The highest BCUT2D eigenvalue weighted by atomic mass is 79.9. The first-order valence-corrected chi connectivity index (χ1v) is 9.19. The molecule has 122 valence electrons. The number of carboxylic acid groups (broad SMARTS) is 1. The van der Waals surface area contributed by atoms with Crippen LogP contribution in [0.4, 0.5) is 0 Å². The predicted octanol–water partition coefficient (Wildman–Crippen LogP) is 4.16. The topological polar surface area (TPSA) is 72.2 Å². The first kappa shape index (κ1) is 17.2. The summed E-state index contributed by atoms with van der Waals surface area (Å²) in [5, 5.41) is 9.37. The van der Waals surface area contributed by atoms with Gasteiger partial charge in [0.05, 0.1) is 11.0 Å². The van der Waals surface area contributed by atoms with Gasteiger partial charge in [0.2, 0.25) is 0 Å². The van der Waals surface area contributed by atoms with Crippen LogP contribution in [0.5, 0.6) is 0 Å². The Labute approximate surface area is 158 Å². The van der Waals surface area contributed by atoms with Gasteiger partial charge in [0.25, 0.3) is 5.56 Å². The molecule has 1 heterocycles. The van der Waals surface area contributed by atoms with Crippen molar-refractivity contribution < 1.29 is 9.90 Å². The second kappa shape index (κ2) is 7.08. The molecule has 0 saturated heterocycles. The smallest absolute Gasteiger partial charge is 0.323 e. The van der Waals surface area contributed by atoms with E-state index in [1.54, 1.807) is 18.2 Å². The number of carboxylic acids is 1. The second-order valence-electron chi connectivity index (χ2n) is 4.89. The highest BCUT2D eigenvalue weighted by molar-refractivity contribution is 9.10. The third-order valence-corrected chi connectivity index (χ3v) is 5.19. The van der Waals surface area contributed by atoms with E-state index >= 15 is 0 Å². The molecule has 8 heteroatoms. The second-order valence-corrected chi connectivity index (χ2v) is 7.78. The molecule has 24 heavy (non-hydrogen) atoms. The van der Waals surface area contributed by atoms with Crippen LogP contribution in [0, 0.1) is 0 Å². The average molecular weight is 470 g/mol. The monoisotopic (exact) mass is 468 g/mol. The number of hydrogen-bond donors (Lipinski definition) is 1. The molecule has 1 N–H and O–H groups in total.